The van der Waals surface area contributed by atoms with Crippen LogP contribution in [0, 0.1) is 11.1 Å². The van der Waals surface area contributed by atoms with Crippen molar-refractivity contribution in [1.82, 2.24) is 15.3 Å². The molecule has 0 saturated carbocycles. The number of para-hydroxylation sites is 2. The Hall–Kier alpha value is -6.02. The van der Waals surface area contributed by atoms with Gasteiger partial charge in [0.1, 0.15) is 5.69 Å². The summed E-state index contributed by atoms with van der Waals surface area (Å²) in [5, 5.41) is 23.4. The molecule has 0 aromatic heterocycles. The summed E-state index contributed by atoms with van der Waals surface area (Å²) >= 11 is 0. The van der Waals surface area contributed by atoms with Gasteiger partial charge >= 0.3 is 0 Å². The monoisotopic (exact) mass is 783 g/mol. The summed E-state index contributed by atoms with van der Waals surface area (Å²) in [5.74, 6) is 1.05. The van der Waals surface area contributed by atoms with Gasteiger partial charge in [0.05, 0.1) is 17.3 Å². The molecule has 2 N–H and O–H groups in total. The van der Waals surface area contributed by atoms with Crippen molar-refractivity contribution in [3.8, 4) is 33.4 Å². The van der Waals surface area contributed by atoms with E-state index in [1.54, 1.807) is 0 Å². The molecule has 60 heavy (non-hydrogen) atoms. The van der Waals surface area contributed by atoms with Crippen LogP contribution in [0.25, 0.3) is 33.4 Å². The van der Waals surface area contributed by atoms with Crippen LogP contribution in [-0.2, 0) is 12.8 Å². The van der Waals surface area contributed by atoms with E-state index < -0.39 is 4.65 Å². The molecular formula is C54H49N5O. The van der Waals surface area contributed by atoms with Crippen molar-refractivity contribution in [2.45, 2.75) is 44.2 Å². The van der Waals surface area contributed by atoms with Crippen LogP contribution in [0.5, 0.6) is 0 Å². The second-order valence-corrected chi connectivity index (χ2v) is 17.4. The topological polar surface area (TPSA) is 53.6 Å². The van der Waals surface area contributed by atoms with Gasteiger partial charge in [-0.05, 0) is 157 Å². The van der Waals surface area contributed by atoms with E-state index in [2.05, 4.69) is 178 Å². The minimum Gasteiger partial charge on any atom is -0.616 e. The van der Waals surface area contributed by atoms with Crippen LogP contribution in [0.3, 0.4) is 0 Å². The van der Waals surface area contributed by atoms with Crippen molar-refractivity contribution in [1.29, 1.82) is 0 Å². The minimum atomic E-state index is -0.608. The third kappa shape index (κ3) is 5.77. The fraction of sp³-hybridized carbons (Fsp3) is 0.222. The Morgan fingerprint density at radius 1 is 0.517 bits per heavy atom. The molecule has 296 valence electrons. The Kier molecular flexibility index (Phi) is 8.56. The van der Waals surface area contributed by atoms with Gasteiger partial charge in [-0.15, -0.1) is 0 Å². The van der Waals surface area contributed by atoms with Crippen LogP contribution in [0.2, 0.25) is 0 Å². The first-order valence-electron chi connectivity index (χ1n) is 22.0. The predicted molar refractivity (Wildman–Crippen MR) is 248 cm³/mol. The molecule has 0 spiro atoms. The molecule has 0 radical (unpaired) electrons. The molecule has 0 amide bonds. The molecule has 6 nitrogen and oxygen atoms in total. The largest absolute Gasteiger partial charge is 0.616 e. The number of hydrogen-bond donors (Lipinski definition) is 2. The zero-order valence-electron chi connectivity index (χ0n) is 33.9. The minimum absolute atomic E-state index is 0.370. The normalized spacial score (nSPS) is 20.9. The number of quaternary nitrogens is 1. The SMILES string of the molecule is [O-][N+]1(c2ccc(C3CCNC4NCCCC43)cc2)c2ccc(-c3ccc4c(c3)N(c3ccccc3)CC4)cc2-c2cc(-c3ccc4c(c3)N(c3ccccc3)CC4)ccc21. The van der Waals surface area contributed by atoms with Crippen molar-refractivity contribution >= 4 is 39.8 Å². The van der Waals surface area contributed by atoms with E-state index in [9.17, 15) is 0 Å². The van der Waals surface area contributed by atoms with Crippen molar-refractivity contribution in [3.05, 3.63) is 180 Å². The molecule has 3 unspecified atom stereocenters. The Morgan fingerprint density at radius 2 is 1.03 bits per heavy atom. The van der Waals surface area contributed by atoms with Crippen molar-refractivity contribution in [2.75, 3.05) is 36.0 Å². The number of fused-ring (bicyclic) bond motifs is 6. The summed E-state index contributed by atoms with van der Waals surface area (Å²) in [6, 6.07) is 57.0. The molecule has 5 aliphatic rings. The number of nitrogens with one attached hydrogen (secondary N) is 2. The van der Waals surface area contributed by atoms with Crippen molar-refractivity contribution < 1.29 is 0 Å². The fourth-order valence-electron chi connectivity index (χ4n) is 11.2. The number of benzene rings is 7. The first-order valence-corrected chi connectivity index (χ1v) is 22.0. The van der Waals surface area contributed by atoms with E-state index in [0.717, 1.165) is 95.9 Å². The summed E-state index contributed by atoms with van der Waals surface area (Å²) < 4.78 is -0.608. The van der Waals surface area contributed by atoms with E-state index in [0.29, 0.717) is 18.0 Å². The number of piperidine rings is 2. The van der Waals surface area contributed by atoms with Crippen LogP contribution >= 0.6 is 0 Å². The van der Waals surface area contributed by atoms with Gasteiger partial charge in [0.25, 0.3) is 0 Å². The summed E-state index contributed by atoms with van der Waals surface area (Å²) in [4.78, 5) is 4.86. The highest BCUT2D eigenvalue weighted by Crippen LogP contribution is 2.59. The molecular weight excluding hydrogens is 735 g/mol. The predicted octanol–water partition coefficient (Wildman–Crippen LogP) is 12.3. The second kappa shape index (κ2) is 14.3. The van der Waals surface area contributed by atoms with Gasteiger partial charge in [0.2, 0.25) is 0 Å². The van der Waals surface area contributed by atoms with Crippen LogP contribution in [0.1, 0.15) is 41.9 Å². The Bertz CT molecular complexity index is 2600. The summed E-state index contributed by atoms with van der Waals surface area (Å²) in [5.41, 5.74) is 17.9. The van der Waals surface area contributed by atoms with Crippen LogP contribution < -0.4 is 25.1 Å². The molecule has 12 rings (SSSR count). The molecule has 0 bridgehead atoms. The maximum absolute atomic E-state index is 16.0. The number of hydrogen-bond acceptors (Lipinski definition) is 5. The van der Waals surface area contributed by atoms with Crippen LogP contribution in [0.4, 0.5) is 39.8 Å². The fourth-order valence-corrected chi connectivity index (χ4v) is 11.2. The van der Waals surface area contributed by atoms with Crippen molar-refractivity contribution in [3.63, 3.8) is 0 Å². The summed E-state index contributed by atoms with van der Waals surface area (Å²) in [7, 11) is 0. The van der Waals surface area contributed by atoms with Gasteiger partial charge in [-0.25, -0.2) is 0 Å². The zero-order chi connectivity index (χ0) is 39.8. The summed E-state index contributed by atoms with van der Waals surface area (Å²) in [6.45, 7) is 4.03. The van der Waals surface area contributed by atoms with Gasteiger partial charge in [0.15, 0.2) is 11.4 Å². The average Bonchev–Trinajstić information content (AvgIpc) is 4.02. The average molecular weight is 784 g/mol. The van der Waals surface area contributed by atoms with Crippen molar-refractivity contribution in [2.24, 2.45) is 5.92 Å². The highest BCUT2D eigenvalue weighted by molar-refractivity contribution is 6.02. The van der Waals surface area contributed by atoms with Gasteiger partial charge in [-0.3, -0.25) is 4.65 Å². The van der Waals surface area contributed by atoms with E-state index in [-0.39, 0.29) is 0 Å². The van der Waals surface area contributed by atoms with Crippen LogP contribution in [0.15, 0.2) is 158 Å². The number of rotatable bonds is 6. The molecule has 2 saturated heterocycles. The highest BCUT2D eigenvalue weighted by Gasteiger charge is 2.41. The number of nitrogens with zero attached hydrogens (tertiary/aromatic N) is 3. The molecule has 5 aliphatic heterocycles. The zero-order valence-corrected chi connectivity index (χ0v) is 33.9. The van der Waals surface area contributed by atoms with Gasteiger partial charge < -0.3 is 25.6 Å². The maximum atomic E-state index is 16.0. The molecule has 0 aliphatic carbocycles. The summed E-state index contributed by atoms with van der Waals surface area (Å²) in [6.07, 6.45) is 5.99. The van der Waals surface area contributed by atoms with Gasteiger partial charge in [-0.1, -0.05) is 72.8 Å². The van der Waals surface area contributed by atoms with E-state index in [4.69, 9.17) is 0 Å². The first kappa shape index (κ1) is 35.9. The maximum Gasteiger partial charge on any atom is 0.151 e. The lowest BCUT2D eigenvalue weighted by molar-refractivity contribution is 0.165. The lowest BCUT2D eigenvalue weighted by atomic mass is 9.75. The third-order valence-electron chi connectivity index (χ3n) is 14.3. The smallest absolute Gasteiger partial charge is 0.151 e. The molecule has 6 heteroatoms. The Labute approximate surface area is 352 Å². The Balaban J connectivity index is 0.959. The van der Waals surface area contributed by atoms with E-state index in [1.807, 2.05) is 0 Å². The first-order chi connectivity index (χ1) is 29.6. The standard InChI is InChI=1S/C54H49N5O/c60-59(45-21-17-36(18-22-45)46-25-29-56-54-47(46)12-7-28-55-54)52-23-19-39(41-15-13-37-26-30-57(50(37)34-41)43-8-3-1-4-9-43)32-48(52)49-33-40(20-24-53(49)59)42-16-14-38-27-31-58(51(38)35-42)44-10-5-2-6-11-44/h1-6,8-11,13-24,32-35,46-47,54-56H,7,12,25-31H2. The quantitative estimate of drug-likeness (QED) is 0.130. The molecule has 7 aromatic carbocycles. The van der Waals surface area contributed by atoms with E-state index in [1.165, 1.54) is 52.3 Å². The Morgan fingerprint density at radius 3 is 1.60 bits per heavy atom. The molecule has 2 fully saturated rings. The lowest BCUT2D eigenvalue weighted by Gasteiger charge is -2.43. The number of anilines is 4. The highest BCUT2D eigenvalue weighted by atomic mass is 16.5. The molecule has 7 aromatic rings. The van der Waals surface area contributed by atoms with E-state index >= 15 is 5.21 Å². The molecule has 5 heterocycles. The van der Waals surface area contributed by atoms with Crippen LogP contribution in [-0.4, -0.2) is 32.3 Å². The third-order valence-corrected chi connectivity index (χ3v) is 14.3. The lowest BCUT2D eigenvalue weighted by Crippen LogP contribution is -2.56. The van der Waals surface area contributed by atoms with Gasteiger partial charge in [-0.2, -0.15) is 0 Å². The van der Waals surface area contributed by atoms with Gasteiger partial charge in [0, 0.05) is 60.1 Å². The second-order valence-electron chi connectivity index (χ2n) is 17.4. The molecule has 3 atom stereocenters.